The molecule has 1 amide bonds. The first kappa shape index (κ1) is 13.4. The third kappa shape index (κ3) is 3.11. The van der Waals surface area contributed by atoms with Crippen LogP contribution in [0.25, 0.3) is 0 Å². The number of rotatable bonds is 2. The van der Waals surface area contributed by atoms with Crippen molar-refractivity contribution in [2.45, 2.75) is 26.2 Å². The second-order valence-electron chi connectivity index (χ2n) is 6.77. The summed E-state index contributed by atoms with van der Waals surface area (Å²) in [5, 5.41) is 3.48. The molecule has 0 bridgehead atoms. The van der Waals surface area contributed by atoms with Gasteiger partial charge in [0, 0.05) is 19.6 Å². The molecule has 3 aliphatic heterocycles. The van der Waals surface area contributed by atoms with E-state index in [9.17, 15) is 4.79 Å². The summed E-state index contributed by atoms with van der Waals surface area (Å²) in [7, 11) is 0. The maximum absolute atomic E-state index is 12.3. The lowest BCUT2D eigenvalue weighted by atomic mass is 9.89. The van der Waals surface area contributed by atoms with Gasteiger partial charge in [0.2, 0.25) is 5.91 Å². The zero-order valence-electron chi connectivity index (χ0n) is 12.1. The first-order valence-electron chi connectivity index (χ1n) is 7.93. The van der Waals surface area contributed by atoms with Crippen LogP contribution in [0.3, 0.4) is 0 Å². The van der Waals surface area contributed by atoms with Gasteiger partial charge in [-0.05, 0) is 56.7 Å². The maximum Gasteiger partial charge on any atom is 0.236 e. The highest BCUT2D eigenvalue weighted by atomic mass is 16.2. The molecule has 0 aromatic carbocycles. The molecular formula is C15H27N3O. The average molecular weight is 265 g/mol. The van der Waals surface area contributed by atoms with Crippen LogP contribution in [0.1, 0.15) is 26.2 Å². The van der Waals surface area contributed by atoms with Crippen molar-refractivity contribution in [2.75, 3.05) is 45.8 Å². The first-order valence-corrected chi connectivity index (χ1v) is 7.93. The van der Waals surface area contributed by atoms with Gasteiger partial charge in [0.15, 0.2) is 0 Å². The van der Waals surface area contributed by atoms with Crippen molar-refractivity contribution in [3.8, 4) is 0 Å². The Morgan fingerprint density at radius 3 is 2.63 bits per heavy atom. The summed E-state index contributed by atoms with van der Waals surface area (Å²) >= 11 is 0. The molecule has 3 fully saturated rings. The highest BCUT2D eigenvalue weighted by Crippen LogP contribution is 2.26. The van der Waals surface area contributed by atoms with E-state index >= 15 is 0 Å². The zero-order chi connectivity index (χ0) is 13.2. The monoisotopic (exact) mass is 265 g/mol. The molecule has 0 aromatic rings. The number of carbonyl (C=O) groups is 1. The molecule has 3 heterocycles. The van der Waals surface area contributed by atoms with Gasteiger partial charge >= 0.3 is 0 Å². The van der Waals surface area contributed by atoms with Gasteiger partial charge in [0.25, 0.3) is 0 Å². The van der Waals surface area contributed by atoms with Crippen LogP contribution < -0.4 is 5.32 Å². The SMILES string of the molecule is CC1CCN(C(=O)CN2CCC3CNCC3C2)CC1. The predicted octanol–water partition coefficient (Wildman–Crippen LogP) is 0.786. The Kier molecular flexibility index (Phi) is 4.08. The third-order valence-corrected chi connectivity index (χ3v) is 5.28. The van der Waals surface area contributed by atoms with Crippen LogP contribution in [-0.2, 0) is 4.79 Å². The summed E-state index contributed by atoms with van der Waals surface area (Å²) in [4.78, 5) is 16.8. The fraction of sp³-hybridized carbons (Fsp3) is 0.933. The Labute approximate surface area is 116 Å². The van der Waals surface area contributed by atoms with Crippen LogP contribution in [0.4, 0.5) is 0 Å². The van der Waals surface area contributed by atoms with Gasteiger partial charge in [-0.2, -0.15) is 0 Å². The van der Waals surface area contributed by atoms with Crippen LogP contribution in [0.2, 0.25) is 0 Å². The lowest BCUT2D eigenvalue weighted by molar-refractivity contribution is -0.134. The topological polar surface area (TPSA) is 35.6 Å². The van der Waals surface area contributed by atoms with Crippen LogP contribution in [0, 0.1) is 17.8 Å². The third-order valence-electron chi connectivity index (χ3n) is 5.28. The standard InChI is InChI=1S/C15H27N3O/c1-12-2-6-18(7-3-12)15(19)11-17-5-4-13-8-16-9-14(13)10-17/h12-14,16H,2-11H2,1H3. The second kappa shape index (κ2) is 5.80. The number of likely N-dealkylation sites (tertiary alicyclic amines) is 2. The van der Waals surface area contributed by atoms with Crippen molar-refractivity contribution >= 4 is 5.91 Å². The lowest BCUT2D eigenvalue weighted by Gasteiger charge is -2.36. The highest BCUT2D eigenvalue weighted by molar-refractivity contribution is 5.78. The van der Waals surface area contributed by atoms with E-state index in [0.29, 0.717) is 12.5 Å². The smallest absolute Gasteiger partial charge is 0.236 e. The Morgan fingerprint density at radius 1 is 1.11 bits per heavy atom. The molecule has 0 radical (unpaired) electrons. The van der Waals surface area contributed by atoms with E-state index in [1.54, 1.807) is 0 Å². The minimum atomic E-state index is 0.358. The fourth-order valence-electron chi connectivity index (χ4n) is 3.80. The molecule has 0 aliphatic carbocycles. The Morgan fingerprint density at radius 2 is 1.84 bits per heavy atom. The molecular weight excluding hydrogens is 238 g/mol. The molecule has 3 aliphatic rings. The molecule has 3 saturated heterocycles. The normalized spacial score (nSPS) is 33.4. The van der Waals surface area contributed by atoms with E-state index in [4.69, 9.17) is 0 Å². The van der Waals surface area contributed by atoms with Crippen molar-refractivity contribution < 1.29 is 4.79 Å². The quantitative estimate of drug-likeness (QED) is 0.802. The van der Waals surface area contributed by atoms with E-state index in [1.807, 2.05) is 0 Å². The number of piperidine rings is 2. The van der Waals surface area contributed by atoms with E-state index in [1.165, 1.54) is 25.8 Å². The van der Waals surface area contributed by atoms with Crippen molar-refractivity contribution in [1.82, 2.24) is 15.1 Å². The van der Waals surface area contributed by atoms with Gasteiger partial charge < -0.3 is 10.2 Å². The summed E-state index contributed by atoms with van der Waals surface area (Å²) in [6.45, 7) is 9.46. The van der Waals surface area contributed by atoms with Crippen molar-refractivity contribution in [3.05, 3.63) is 0 Å². The number of nitrogens with one attached hydrogen (secondary N) is 1. The van der Waals surface area contributed by atoms with Crippen LogP contribution in [-0.4, -0.2) is 61.5 Å². The molecule has 3 rings (SSSR count). The van der Waals surface area contributed by atoms with E-state index in [2.05, 4.69) is 22.0 Å². The number of hydrogen-bond acceptors (Lipinski definition) is 3. The number of amides is 1. The zero-order valence-corrected chi connectivity index (χ0v) is 12.1. The van der Waals surface area contributed by atoms with E-state index in [-0.39, 0.29) is 0 Å². The molecule has 108 valence electrons. The van der Waals surface area contributed by atoms with Gasteiger partial charge in [-0.25, -0.2) is 0 Å². The molecule has 19 heavy (non-hydrogen) atoms. The molecule has 1 N–H and O–H groups in total. The van der Waals surface area contributed by atoms with E-state index in [0.717, 1.165) is 50.5 Å². The largest absolute Gasteiger partial charge is 0.342 e. The van der Waals surface area contributed by atoms with Crippen molar-refractivity contribution in [1.29, 1.82) is 0 Å². The maximum atomic E-state index is 12.3. The summed E-state index contributed by atoms with van der Waals surface area (Å²) in [6, 6.07) is 0. The second-order valence-corrected chi connectivity index (χ2v) is 6.77. The van der Waals surface area contributed by atoms with Crippen LogP contribution in [0.5, 0.6) is 0 Å². The lowest BCUT2D eigenvalue weighted by Crippen LogP contribution is -2.47. The highest BCUT2D eigenvalue weighted by Gasteiger charge is 2.33. The Hall–Kier alpha value is -0.610. The van der Waals surface area contributed by atoms with Crippen LogP contribution in [0.15, 0.2) is 0 Å². The minimum absolute atomic E-state index is 0.358. The number of carbonyl (C=O) groups excluding carboxylic acids is 1. The average Bonchev–Trinajstić information content (AvgIpc) is 2.87. The van der Waals surface area contributed by atoms with Gasteiger partial charge in [0.1, 0.15) is 0 Å². The fourth-order valence-corrected chi connectivity index (χ4v) is 3.80. The van der Waals surface area contributed by atoms with Gasteiger partial charge in [-0.3, -0.25) is 9.69 Å². The number of fused-ring (bicyclic) bond motifs is 1. The van der Waals surface area contributed by atoms with Gasteiger partial charge in [0.05, 0.1) is 6.54 Å². The summed E-state index contributed by atoms with van der Waals surface area (Å²) in [5.41, 5.74) is 0. The van der Waals surface area contributed by atoms with Gasteiger partial charge in [-0.15, -0.1) is 0 Å². The summed E-state index contributed by atoms with van der Waals surface area (Å²) in [5.74, 6) is 2.80. The summed E-state index contributed by atoms with van der Waals surface area (Å²) in [6.07, 6.45) is 3.63. The number of nitrogens with zero attached hydrogens (tertiary/aromatic N) is 2. The van der Waals surface area contributed by atoms with E-state index < -0.39 is 0 Å². The first-order chi connectivity index (χ1) is 9.22. The van der Waals surface area contributed by atoms with Gasteiger partial charge in [-0.1, -0.05) is 6.92 Å². The molecule has 2 atom stereocenters. The Balaban J connectivity index is 1.47. The molecule has 4 heteroatoms. The molecule has 0 aromatic heterocycles. The van der Waals surface area contributed by atoms with Crippen molar-refractivity contribution in [2.24, 2.45) is 17.8 Å². The molecule has 4 nitrogen and oxygen atoms in total. The number of hydrogen-bond donors (Lipinski definition) is 1. The molecule has 0 spiro atoms. The van der Waals surface area contributed by atoms with Crippen LogP contribution >= 0.6 is 0 Å². The summed E-state index contributed by atoms with van der Waals surface area (Å²) < 4.78 is 0. The predicted molar refractivity (Wildman–Crippen MR) is 75.9 cm³/mol. The van der Waals surface area contributed by atoms with Crippen molar-refractivity contribution in [3.63, 3.8) is 0 Å². The minimum Gasteiger partial charge on any atom is -0.342 e. The molecule has 2 unspecified atom stereocenters. The molecule has 0 saturated carbocycles. The Bertz CT molecular complexity index is 325.